The van der Waals surface area contributed by atoms with Crippen molar-refractivity contribution in [2.24, 2.45) is 0 Å². The Hall–Kier alpha value is -3.53. The van der Waals surface area contributed by atoms with E-state index in [4.69, 9.17) is 14.2 Å². The molecule has 1 aliphatic rings. The molecule has 10 heteroatoms. The molecular weight excluding hydrogens is 435 g/mol. The van der Waals surface area contributed by atoms with Crippen LogP contribution in [0.4, 0.5) is 10.1 Å². The third kappa shape index (κ3) is 4.86. The summed E-state index contributed by atoms with van der Waals surface area (Å²) in [5.74, 6) is 1.21. The SMILES string of the molecule is C=CCn1c(COc2ccccc2F)nnc1SC(C)C(=O)Nc1ccc2c(c1)OCO2. The van der Waals surface area contributed by atoms with E-state index in [9.17, 15) is 9.18 Å². The van der Waals surface area contributed by atoms with Crippen molar-refractivity contribution in [3.8, 4) is 17.2 Å². The van der Waals surface area contributed by atoms with Gasteiger partial charge in [0.25, 0.3) is 0 Å². The summed E-state index contributed by atoms with van der Waals surface area (Å²) in [4.78, 5) is 12.7. The number of amides is 1. The number of halogens is 1. The lowest BCUT2D eigenvalue weighted by molar-refractivity contribution is -0.115. The molecule has 1 amide bonds. The first-order valence-corrected chi connectivity index (χ1v) is 10.7. The van der Waals surface area contributed by atoms with E-state index >= 15 is 0 Å². The number of para-hydroxylation sites is 1. The molecule has 1 unspecified atom stereocenters. The van der Waals surface area contributed by atoms with Crippen LogP contribution in [-0.2, 0) is 17.9 Å². The second-order valence-corrected chi connectivity index (χ2v) is 8.14. The third-order valence-corrected chi connectivity index (χ3v) is 5.67. The number of fused-ring (bicyclic) bond motifs is 1. The Kier molecular flexibility index (Phi) is 6.60. The van der Waals surface area contributed by atoms with E-state index in [-0.39, 0.29) is 25.1 Å². The van der Waals surface area contributed by atoms with E-state index in [1.165, 1.54) is 17.8 Å². The highest BCUT2D eigenvalue weighted by Crippen LogP contribution is 2.34. The number of rotatable bonds is 9. The lowest BCUT2D eigenvalue weighted by Crippen LogP contribution is -2.23. The Morgan fingerprint density at radius 3 is 2.94 bits per heavy atom. The number of carbonyl (C=O) groups excluding carboxylic acids is 1. The van der Waals surface area contributed by atoms with Crippen molar-refractivity contribution in [3.63, 3.8) is 0 Å². The van der Waals surface area contributed by atoms with Crippen molar-refractivity contribution in [2.45, 2.75) is 30.5 Å². The van der Waals surface area contributed by atoms with E-state index < -0.39 is 11.1 Å². The number of nitrogens with zero attached hydrogens (tertiary/aromatic N) is 3. The number of ether oxygens (including phenoxy) is 3. The summed E-state index contributed by atoms with van der Waals surface area (Å²) < 4.78 is 31.8. The number of nitrogens with one attached hydrogen (secondary N) is 1. The van der Waals surface area contributed by atoms with Crippen LogP contribution in [-0.4, -0.2) is 32.7 Å². The molecule has 0 radical (unpaired) electrons. The zero-order valence-corrected chi connectivity index (χ0v) is 18.1. The minimum atomic E-state index is -0.464. The molecular formula is C22H21FN4O4S. The molecule has 0 bridgehead atoms. The minimum absolute atomic E-state index is 0.0279. The van der Waals surface area contributed by atoms with Crippen molar-refractivity contribution < 1.29 is 23.4 Å². The average Bonchev–Trinajstić information content (AvgIpc) is 3.40. The fourth-order valence-electron chi connectivity index (χ4n) is 2.96. The first-order chi connectivity index (χ1) is 15.5. The maximum atomic E-state index is 13.8. The molecule has 0 spiro atoms. The molecule has 4 rings (SSSR count). The summed E-state index contributed by atoms with van der Waals surface area (Å²) in [5, 5.41) is 11.3. The van der Waals surface area contributed by atoms with Gasteiger partial charge in [0.2, 0.25) is 12.7 Å². The monoisotopic (exact) mass is 456 g/mol. The van der Waals surface area contributed by atoms with Gasteiger partial charge in [0.05, 0.1) is 5.25 Å². The van der Waals surface area contributed by atoms with Gasteiger partial charge in [-0.25, -0.2) is 4.39 Å². The summed E-state index contributed by atoms with van der Waals surface area (Å²) in [6.07, 6.45) is 1.69. The van der Waals surface area contributed by atoms with E-state index in [1.54, 1.807) is 54.0 Å². The van der Waals surface area contributed by atoms with Gasteiger partial charge in [0, 0.05) is 18.3 Å². The zero-order valence-electron chi connectivity index (χ0n) is 17.3. The van der Waals surface area contributed by atoms with E-state index in [2.05, 4.69) is 22.1 Å². The highest BCUT2D eigenvalue weighted by atomic mass is 32.2. The number of carbonyl (C=O) groups is 1. The third-order valence-electron chi connectivity index (χ3n) is 4.59. The van der Waals surface area contributed by atoms with Crippen molar-refractivity contribution in [3.05, 3.63) is 66.8 Å². The lowest BCUT2D eigenvalue weighted by atomic mass is 10.2. The second-order valence-electron chi connectivity index (χ2n) is 6.83. The maximum Gasteiger partial charge on any atom is 0.237 e. The number of aromatic nitrogens is 3. The van der Waals surface area contributed by atoms with Crippen LogP contribution in [0.15, 0.2) is 60.3 Å². The van der Waals surface area contributed by atoms with Gasteiger partial charge in [-0.05, 0) is 31.2 Å². The number of thioether (sulfide) groups is 1. The average molecular weight is 456 g/mol. The van der Waals surface area contributed by atoms with Gasteiger partial charge in [-0.3, -0.25) is 9.36 Å². The van der Waals surface area contributed by atoms with Gasteiger partial charge < -0.3 is 19.5 Å². The molecule has 0 saturated carbocycles. The van der Waals surface area contributed by atoms with Crippen LogP contribution in [0.25, 0.3) is 0 Å². The number of anilines is 1. The summed E-state index contributed by atoms with van der Waals surface area (Å²) in [6, 6.07) is 11.4. The zero-order chi connectivity index (χ0) is 22.5. The van der Waals surface area contributed by atoms with E-state index in [0.29, 0.717) is 34.7 Å². The summed E-state index contributed by atoms with van der Waals surface area (Å²) in [5.41, 5.74) is 0.609. The Labute approximate surface area is 188 Å². The lowest BCUT2D eigenvalue weighted by Gasteiger charge is -2.13. The number of hydrogen-bond acceptors (Lipinski definition) is 7. The van der Waals surface area contributed by atoms with Crippen LogP contribution in [0.3, 0.4) is 0 Å². The minimum Gasteiger partial charge on any atom is -0.483 e. The Bertz CT molecular complexity index is 1140. The normalized spacial score (nSPS) is 12.9. The molecule has 0 saturated heterocycles. The van der Waals surface area contributed by atoms with Gasteiger partial charge in [-0.2, -0.15) is 0 Å². The van der Waals surface area contributed by atoms with Crippen LogP contribution >= 0.6 is 11.8 Å². The largest absolute Gasteiger partial charge is 0.483 e. The van der Waals surface area contributed by atoms with Crippen molar-refractivity contribution in [2.75, 3.05) is 12.1 Å². The van der Waals surface area contributed by atoms with Crippen LogP contribution in [0.1, 0.15) is 12.7 Å². The second kappa shape index (κ2) is 9.73. The van der Waals surface area contributed by atoms with Gasteiger partial charge in [0.1, 0.15) is 6.61 Å². The fraction of sp³-hybridized carbons (Fsp3) is 0.227. The highest BCUT2D eigenvalue weighted by Gasteiger charge is 2.21. The molecule has 1 aromatic heterocycles. The molecule has 2 heterocycles. The first-order valence-electron chi connectivity index (χ1n) is 9.82. The Balaban J connectivity index is 1.41. The maximum absolute atomic E-state index is 13.8. The fourth-order valence-corrected chi connectivity index (χ4v) is 3.84. The van der Waals surface area contributed by atoms with Gasteiger partial charge in [0.15, 0.2) is 34.0 Å². The van der Waals surface area contributed by atoms with Gasteiger partial charge >= 0.3 is 0 Å². The van der Waals surface area contributed by atoms with E-state index in [0.717, 1.165) is 0 Å². The molecule has 1 N–H and O–H groups in total. The van der Waals surface area contributed by atoms with Gasteiger partial charge in [-0.1, -0.05) is 30.0 Å². The number of allylic oxidation sites excluding steroid dienone is 1. The smallest absolute Gasteiger partial charge is 0.237 e. The Morgan fingerprint density at radius 2 is 2.12 bits per heavy atom. The van der Waals surface area contributed by atoms with Crippen molar-refractivity contribution in [1.82, 2.24) is 14.8 Å². The predicted octanol–water partition coefficient (Wildman–Crippen LogP) is 4.03. The van der Waals surface area contributed by atoms with Crippen LogP contribution in [0.2, 0.25) is 0 Å². The molecule has 3 aromatic rings. The number of benzene rings is 2. The van der Waals surface area contributed by atoms with E-state index in [1.807, 2.05) is 0 Å². The molecule has 166 valence electrons. The van der Waals surface area contributed by atoms with Crippen molar-refractivity contribution >= 4 is 23.4 Å². The summed E-state index contributed by atoms with van der Waals surface area (Å²) in [7, 11) is 0. The van der Waals surface area contributed by atoms with Crippen LogP contribution in [0, 0.1) is 5.82 Å². The summed E-state index contributed by atoms with van der Waals surface area (Å²) >= 11 is 1.25. The molecule has 32 heavy (non-hydrogen) atoms. The standard InChI is InChI=1S/C22H21FN4O4S/c1-3-10-27-20(12-29-17-7-5-4-6-16(17)23)25-26-22(27)32-14(2)21(28)24-15-8-9-18-19(11-15)31-13-30-18/h3-9,11,14H,1,10,12-13H2,2H3,(H,24,28). The molecule has 1 aliphatic heterocycles. The van der Waals surface area contributed by atoms with Crippen molar-refractivity contribution in [1.29, 1.82) is 0 Å². The number of hydrogen-bond donors (Lipinski definition) is 1. The first kappa shape index (κ1) is 21.7. The Morgan fingerprint density at radius 1 is 1.31 bits per heavy atom. The van der Waals surface area contributed by atoms with Crippen LogP contribution < -0.4 is 19.5 Å². The molecule has 0 fully saturated rings. The summed E-state index contributed by atoms with van der Waals surface area (Å²) in [6.45, 7) is 6.15. The highest BCUT2D eigenvalue weighted by molar-refractivity contribution is 8.00. The molecule has 2 aromatic carbocycles. The van der Waals surface area contributed by atoms with Crippen LogP contribution in [0.5, 0.6) is 17.2 Å². The van der Waals surface area contributed by atoms with Gasteiger partial charge in [-0.15, -0.1) is 16.8 Å². The predicted molar refractivity (Wildman–Crippen MR) is 117 cm³/mol. The molecule has 0 aliphatic carbocycles. The molecule has 1 atom stereocenters. The quantitative estimate of drug-likeness (QED) is 0.384. The molecule has 8 nitrogen and oxygen atoms in total. The topological polar surface area (TPSA) is 87.5 Å².